The van der Waals surface area contributed by atoms with E-state index in [1.165, 1.54) is 56.1 Å². The molecule has 1 rings (SSSR count). The van der Waals surface area contributed by atoms with Crippen molar-refractivity contribution in [1.29, 1.82) is 0 Å². The molecule has 0 heterocycles. The number of phenolic OH excluding ortho intramolecular Hbond substituents is 1. The van der Waals surface area contributed by atoms with Crippen molar-refractivity contribution >= 4 is 0 Å². The maximum atomic E-state index is 9.98. The monoisotopic (exact) mass is 276 g/mol. The Hall–Kier alpha value is -0.980. The molecule has 20 heavy (non-hydrogen) atoms. The first-order valence-corrected chi connectivity index (χ1v) is 8.38. The first-order valence-electron chi connectivity index (χ1n) is 8.38. The zero-order chi connectivity index (χ0) is 15.0. The summed E-state index contributed by atoms with van der Waals surface area (Å²) in [7, 11) is 0. The third-order valence-corrected chi connectivity index (χ3v) is 4.16. The van der Waals surface area contributed by atoms with Crippen molar-refractivity contribution in [2.24, 2.45) is 0 Å². The zero-order valence-corrected chi connectivity index (χ0v) is 13.8. The Morgan fingerprint density at radius 1 is 0.950 bits per heavy atom. The van der Waals surface area contributed by atoms with E-state index in [9.17, 15) is 5.11 Å². The Bertz CT molecular complexity index is 393. The average molecular weight is 276 g/mol. The van der Waals surface area contributed by atoms with E-state index < -0.39 is 0 Å². The molecule has 0 atom stereocenters. The van der Waals surface area contributed by atoms with E-state index in [4.69, 9.17) is 0 Å². The fourth-order valence-corrected chi connectivity index (χ4v) is 2.76. The standard InChI is InChI=1S/C19H32O/c1-5-6-7-8-9-10-11-12-17-14-18(15(2)3)19(20)13-16(17)4/h13-15,20H,5-12H2,1-4H3. The first kappa shape index (κ1) is 17.1. The minimum absolute atomic E-state index is 0.392. The van der Waals surface area contributed by atoms with Gasteiger partial charge >= 0.3 is 0 Å². The lowest BCUT2D eigenvalue weighted by Crippen LogP contribution is -1.96. The molecular weight excluding hydrogens is 244 g/mol. The van der Waals surface area contributed by atoms with E-state index in [1.54, 1.807) is 0 Å². The van der Waals surface area contributed by atoms with Crippen molar-refractivity contribution in [2.45, 2.75) is 85.0 Å². The molecule has 0 spiro atoms. The van der Waals surface area contributed by atoms with Crippen LogP contribution in [0.2, 0.25) is 0 Å². The third kappa shape index (κ3) is 5.56. The van der Waals surface area contributed by atoms with Gasteiger partial charge in [0, 0.05) is 0 Å². The van der Waals surface area contributed by atoms with Gasteiger partial charge < -0.3 is 5.11 Å². The van der Waals surface area contributed by atoms with Crippen molar-refractivity contribution in [3.8, 4) is 5.75 Å². The van der Waals surface area contributed by atoms with E-state index in [1.807, 2.05) is 6.07 Å². The molecule has 0 unspecified atom stereocenters. The minimum Gasteiger partial charge on any atom is -0.508 e. The van der Waals surface area contributed by atoms with E-state index in [-0.39, 0.29) is 0 Å². The van der Waals surface area contributed by atoms with Crippen LogP contribution in [0.15, 0.2) is 12.1 Å². The van der Waals surface area contributed by atoms with Gasteiger partial charge in [-0.1, -0.05) is 65.4 Å². The fraction of sp³-hybridized carbons (Fsp3) is 0.684. The highest BCUT2D eigenvalue weighted by atomic mass is 16.3. The summed E-state index contributed by atoms with van der Waals surface area (Å²) in [6.45, 7) is 8.66. The molecule has 1 nitrogen and oxygen atoms in total. The molecular formula is C19H32O. The SMILES string of the molecule is CCCCCCCCCc1cc(C(C)C)c(O)cc1C. The van der Waals surface area contributed by atoms with E-state index in [0.717, 1.165) is 12.0 Å². The summed E-state index contributed by atoms with van der Waals surface area (Å²) in [6.07, 6.45) is 10.6. The molecule has 0 fully saturated rings. The highest BCUT2D eigenvalue weighted by molar-refractivity contribution is 5.43. The molecule has 1 aromatic carbocycles. The van der Waals surface area contributed by atoms with Crippen LogP contribution < -0.4 is 0 Å². The number of hydrogen-bond donors (Lipinski definition) is 1. The van der Waals surface area contributed by atoms with Crippen LogP contribution >= 0.6 is 0 Å². The van der Waals surface area contributed by atoms with E-state index in [2.05, 4.69) is 33.8 Å². The van der Waals surface area contributed by atoms with Crippen molar-refractivity contribution in [3.63, 3.8) is 0 Å². The minimum atomic E-state index is 0.392. The molecule has 0 amide bonds. The van der Waals surface area contributed by atoms with Crippen molar-refractivity contribution in [2.75, 3.05) is 0 Å². The normalized spacial score (nSPS) is 11.2. The molecule has 0 saturated heterocycles. The Morgan fingerprint density at radius 2 is 1.55 bits per heavy atom. The number of aromatic hydroxyl groups is 1. The first-order chi connectivity index (χ1) is 9.56. The summed E-state index contributed by atoms with van der Waals surface area (Å²) in [6, 6.07) is 4.15. The average Bonchev–Trinajstić information content (AvgIpc) is 2.39. The second-order valence-corrected chi connectivity index (χ2v) is 6.36. The molecule has 1 heteroatoms. The fourth-order valence-electron chi connectivity index (χ4n) is 2.76. The van der Waals surface area contributed by atoms with Crippen LogP contribution in [0, 0.1) is 6.92 Å². The Kier molecular flexibility index (Phi) is 7.72. The summed E-state index contributed by atoms with van der Waals surface area (Å²) in [5.74, 6) is 0.851. The summed E-state index contributed by atoms with van der Waals surface area (Å²) in [5.41, 5.74) is 3.74. The van der Waals surface area contributed by atoms with Gasteiger partial charge in [0.1, 0.15) is 5.75 Å². The maximum Gasteiger partial charge on any atom is 0.119 e. The lowest BCUT2D eigenvalue weighted by molar-refractivity contribution is 0.464. The van der Waals surface area contributed by atoms with Crippen molar-refractivity contribution in [1.82, 2.24) is 0 Å². The summed E-state index contributed by atoms with van der Waals surface area (Å²) in [5, 5.41) is 9.98. The molecule has 0 radical (unpaired) electrons. The number of benzene rings is 1. The second-order valence-electron chi connectivity index (χ2n) is 6.36. The van der Waals surface area contributed by atoms with Gasteiger partial charge in [-0.2, -0.15) is 0 Å². The predicted octanol–water partition coefficient (Wildman–Crippen LogP) is 6.12. The molecule has 0 aliphatic rings. The molecule has 1 N–H and O–H groups in total. The van der Waals surface area contributed by atoms with Gasteiger partial charge in [-0.25, -0.2) is 0 Å². The van der Waals surface area contributed by atoms with E-state index in [0.29, 0.717) is 11.7 Å². The second kappa shape index (κ2) is 9.05. The predicted molar refractivity (Wildman–Crippen MR) is 88.6 cm³/mol. The summed E-state index contributed by atoms with van der Waals surface area (Å²) >= 11 is 0. The number of phenols is 1. The van der Waals surface area contributed by atoms with E-state index >= 15 is 0 Å². The summed E-state index contributed by atoms with van der Waals surface area (Å²) in [4.78, 5) is 0. The lowest BCUT2D eigenvalue weighted by Gasteiger charge is -2.13. The topological polar surface area (TPSA) is 20.2 Å². The molecule has 114 valence electrons. The molecule has 0 saturated carbocycles. The number of aryl methyl sites for hydroxylation is 2. The van der Waals surface area contributed by atoms with Crippen LogP contribution in [0.3, 0.4) is 0 Å². The Balaban J connectivity index is 2.42. The van der Waals surface area contributed by atoms with Gasteiger partial charge in [0.2, 0.25) is 0 Å². The van der Waals surface area contributed by atoms with Crippen LogP contribution in [0.25, 0.3) is 0 Å². The molecule has 0 aromatic heterocycles. The van der Waals surface area contributed by atoms with Gasteiger partial charge in [-0.3, -0.25) is 0 Å². The van der Waals surface area contributed by atoms with Crippen LogP contribution in [0.1, 0.15) is 88.3 Å². The van der Waals surface area contributed by atoms with Crippen LogP contribution in [-0.2, 0) is 6.42 Å². The maximum absolute atomic E-state index is 9.98. The van der Waals surface area contributed by atoms with Crippen LogP contribution in [-0.4, -0.2) is 5.11 Å². The van der Waals surface area contributed by atoms with Crippen LogP contribution in [0.4, 0.5) is 0 Å². The highest BCUT2D eigenvalue weighted by Gasteiger charge is 2.09. The molecule has 0 aliphatic carbocycles. The van der Waals surface area contributed by atoms with Crippen LogP contribution in [0.5, 0.6) is 5.75 Å². The molecule has 0 aliphatic heterocycles. The largest absolute Gasteiger partial charge is 0.508 e. The van der Waals surface area contributed by atoms with Gasteiger partial charge in [-0.05, 0) is 48.4 Å². The third-order valence-electron chi connectivity index (χ3n) is 4.16. The van der Waals surface area contributed by atoms with Crippen molar-refractivity contribution < 1.29 is 5.11 Å². The lowest BCUT2D eigenvalue weighted by atomic mass is 9.94. The van der Waals surface area contributed by atoms with Gasteiger partial charge in [-0.15, -0.1) is 0 Å². The zero-order valence-electron chi connectivity index (χ0n) is 13.8. The van der Waals surface area contributed by atoms with Crippen molar-refractivity contribution in [3.05, 3.63) is 28.8 Å². The molecule has 1 aromatic rings. The van der Waals surface area contributed by atoms with Gasteiger partial charge in [0.15, 0.2) is 0 Å². The Morgan fingerprint density at radius 3 is 2.15 bits per heavy atom. The molecule has 0 bridgehead atoms. The quantitative estimate of drug-likeness (QED) is 0.539. The smallest absolute Gasteiger partial charge is 0.119 e. The number of rotatable bonds is 9. The highest BCUT2D eigenvalue weighted by Crippen LogP contribution is 2.29. The van der Waals surface area contributed by atoms with Gasteiger partial charge in [0.05, 0.1) is 0 Å². The van der Waals surface area contributed by atoms with Gasteiger partial charge in [0.25, 0.3) is 0 Å². The Labute approximate surface area is 125 Å². The number of unbranched alkanes of at least 4 members (excludes halogenated alkanes) is 6. The number of hydrogen-bond acceptors (Lipinski definition) is 1. The summed E-state index contributed by atoms with van der Waals surface area (Å²) < 4.78 is 0.